The molecule has 15 heavy (non-hydrogen) atoms. The number of hydrogen-bond acceptors (Lipinski definition) is 2. The minimum atomic E-state index is 0.131. The van der Waals surface area contributed by atoms with E-state index in [1.165, 1.54) is 10.5 Å². The lowest BCUT2D eigenvalue weighted by Gasteiger charge is -2.15. The van der Waals surface area contributed by atoms with Crippen LogP contribution in [0.4, 0.5) is 0 Å². The second-order valence-electron chi connectivity index (χ2n) is 4.42. The molecule has 0 heterocycles. The molecule has 84 valence electrons. The van der Waals surface area contributed by atoms with Crippen molar-refractivity contribution in [3.63, 3.8) is 0 Å². The summed E-state index contributed by atoms with van der Waals surface area (Å²) >= 11 is 1.93. The second kappa shape index (κ2) is 5.57. The van der Waals surface area contributed by atoms with E-state index in [2.05, 4.69) is 45.0 Å². The van der Waals surface area contributed by atoms with Crippen LogP contribution < -0.4 is 5.73 Å². The van der Waals surface area contributed by atoms with Crippen molar-refractivity contribution < 1.29 is 0 Å². The van der Waals surface area contributed by atoms with Crippen LogP contribution in [0.2, 0.25) is 0 Å². The largest absolute Gasteiger partial charge is 0.324 e. The van der Waals surface area contributed by atoms with Crippen molar-refractivity contribution in [2.45, 2.75) is 43.9 Å². The first kappa shape index (κ1) is 12.6. The molecule has 2 atom stereocenters. The number of nitrogens with two attached hydrogens (primary N) is 1. The van der Waals surface area contributed by atoms with E-state index in [-0.39, 0.29) is 6.04 Å². The van der Waals surface area contributed by atoms with Gasteiger partial charge in [0.15, 0.2) is 0 Å². The molecule has 0 saturated carbocycles. The van der Waals surface area contributed by atoms with E-state index < -0.39 is 0 Å². The summed E-state index contributed by atoms with van der Waals surface area (Å²) in [5.74, 6) is 0.711. The first-order chi connectivity index (χ1) is 7.00. The summed E-state index contributed by atoms with van der Waals surface area (Å²) in [6.07, 6.45) is 0. The summed E-state index contributed by atoms with van der Waals surface area (Å²) in [5, 5.41) is 0.658. The van der Waals surface area contributed by atoms with Crippen LogP contribution in [-0.4, -0.2) is 5.25 Å². The first-order valence-corrected chi connectivity index (χ1v) is 6.41. The summed E-state index contributed by atoms with van der Waals surface area (Å²) in [4.78, 5) is 1.33. The predicted molar refractivity (Wildman–Crippen MR) is 69.2 cm³/mol. The Kier molecular flexibility index (Phi) is 4.68. The molecular formula is C13H21NS. The molecule has 1 aromatic rings. The Hall–Kier alpha value is -0.470. The van der Waals surface area contributed by atoms with E-state index in [0.29, 0.717) is 11.2 Å². The molecule has 0 saturated heterocycles. The van der Waals surface area contributed by atoms with Gasteiger partial charge in [0.1, 0.15) is 0 Å². The zero-order chi connectivity index (χ0) is 11.4. The number of benzene rings is 1. The molecular weight excluding hydrogens is 202 g/mol. The monoisotopic (exact) mass is 223 g/mol. The Balaban J connectivity index is 2.64. The Morgan fingerprint density at radius 3 is 1.93 bits per heavy atom. The molecule has 0 aliphatic carbocycles. The van der Waals surface area contributed by atoms with Gasteiger partial charge >= 0.3 is 0 Å². The summed E-state index contributed by atoms with van der Waals surface area (Å²) in [7, 11) is 0. The van der Waals surface area contributed by atoms with Gasteiger partial charge < -0.3 is 5.73 Å². The van der Waals surface area contributed by atoms with E-state index in [1.807, 2.05) is 18.7 Å². The normalized spacial score (nSPS) is 15.3. The van der Waals surface area contributed by atoms with Gasteiger partial charge in [0, 0.05) is 16.2 Å². The van der Waals surface area contributed by atoms with Gasteiger partial charge in [-0.1, -0.05) is 32.9 Å². The lowest BCUT2D eigenvalue weighted by Crippen LogP contribution is -2.06. The van der Waals surface area contributed by atoms with Crippen molar-refractivity contribution in [3.05, 3.63) is 29.8 Å². The van der Waals surface area contributed by atoms with Crippen LogP contribution in [0.25, 0.3) is 0 Å². The Bertz CT molecular complexity index is 290. The standard InChI is InChI=1S/C13H21NS/c1-9(2)11(4)15-13-7-5-12(6-8-13)10(3)14/h5-11H,14H2,1-4H3. The fourth-order valence-electron chi connectivity index (χ4n) is 1.20. The van der Waals surface area contributed by atoms with Crippen LogP contribution in [0, 0.1) is 5.92 Å². The van der Waals surface area contributed by atoms with E-state index in [1.54, 1.807) is 0 Å². The van der Waals surface area contributed by atoms with Crippen LogP contribution in [0.1, 0.15) is 39.3 Å². The van der Waals surface area contributed by atoms with Gasteiger partial charge in [-0.25, -0.2) is 0 Å². The third-order valence-electron chi connectivity index (χ3n) is 2.67. The molecule has 0 spiro atoms. The van der Waals surface area contributed by atoms with Crippen molar-refractivity contribution >= 4 is 11.8 Å². The summed E-state index contributed by atoms with van der Waals surface area (Å²) in [6, 6.07) is 8.72. The van der Waals surface area contributed by atoms with E-state index in [0.717, 1.165) is 0 Å². The SMILES string of the molecule is CC(N)c1ccc(SC(C)C(C)C)cc1. The summed E-state index contributed by atoms with van der Waals surface area (Å²) in [5.41, 5.74) is 7.01. The third kappa shape index (κ3) is 3.88. The zero-order valence-corrected chi connectivity index (χ0v) is 10.8. The average Bonchev–Trinajstić information content (AvgIpc) is 2.18. The lowest BCUT2D eigenvalue weighted by atomic mass is 10.1. The molecule has 1 aromatic carbocycles. The maximum absolute atomic E-state index is 5.81. The number of rotatable bonds is 4. The van der Waals surface area contributed by atoms with Crippen LogP contribution in [0.5, 0.6) is 0 Å². The topological polar surface area (TPSA) is 26.0 Å². The molecule has 1 nitrogen and oxygen atoms in total. The molecule has 0 amide bonds. The maximum Gasteiger partial charge on any atom is 0.0266 e. The fourth-order valence-corrected chi connectivity index (χ4v) is 2.20. The quantitative estimate of drug-likeness (QED) is 0.785. The van der Waals surface area contributed by atoms with Gasteiger partial charge in [0.25, 0.3) is 0 Å². The van der Waals surface area contributed by atoms with Gasteiger partial charge in [-0.2, -0.15) is 0 Å². The molecule has 0 fully saturated rings. The Morgan fingerprint density at radius 2 is 1.53 bits per heavy atom. The van der Waals surface area contributed by atoms with Crippen LogP contribution in [0.3, 0.4) is 0 Å². The highest BCUT2D eigenvalue weighted by Crippen LogP contribution is 2.28. The third-order valence-corrected chi connectivity index (χ3v) is 4.13. The number of thioether (sulfide) groups is 1. The molecule has 0 aliphatic heterocycles. The molecule has 1 rings (SSSR count). The van der Waals surface area contributed by atoms with Crippen LogP contribution >= 0.6 is 11.8 Å². The average molecular weight is 223 g/mol. The van der Waals surface area contributed by atoms with Gasteiger partial charge in [-0.15, -0.1) is 11.8 Å². The minimum Gasteiger partial charge on any atom is -0.324 e. The number of hydrogen-bond donors (Lipinski definition) is 1. The first-order valence-electron chi connectivity index (χ1n) is 5.53. The van der Waals surface area contributed by atoms with Crippen LogP contribution in [0.15, 0.2) is 29.2 Å². The molecule has 0 bridgehead atoms. The van der Waals surface area contributed by atoms with E-state index >= 15 is 0 Å². The maximum atomic E-state index is 5.81. The van der Waals surface area contributed by atoms with Crippen LogP contribution in [-0.2, 0) is 0 Å². The van der Waals surface area contributed by atoms with E-state index in [9.17, 15) is 0 Å². The highest BCUT2D eigenvalue weighted by Gasteiger charge is 2.08. The summed E-state index contributed by atoms with van der Waals surface area (Å²) < 4.78 is 0. The molecule has 2 heteroatoms. The van der Waals surface area contributed by atoms with Gasteiger partial charge in [-0.05, 0) is 30.5 Å². The zero-order valence-electron chi connectivity index (χ0n) is 10.0. The summed E-state index contributed by atoms with van der Waals surface area (Å²) in [6.45, 7) is 8.80. The Labute approximate surface area is 97.4 Å². The van der Waals surface area contributed by atoms with E-state index in [4.69, 9.17) is 5.73 Å². The molecule has 0 radical (unpaired) electrons. The molecule has 2 unspecified atom stereocenters. The fraction of sp³-hybridized carbons (Fsp3) is 0.538. The smallest absolute Gasteiger partial charge is 0.0266 e. The second-order valence-corrected chi connectivity index (χ2v) is 5.88. The van der Waals surface area contributed by atoms with Gasteiger partial charge in [0.2, 0.25) is 0 Å². The van der Waals surface area contributed by atoms with Crippen molar-refractivity contribution in [2.75, 3.05) is 0 Å². The minimum absolute atomic E-state index is 0.131. The Morgan fingerprint density at radius 1 is 1.00 bits per heavy atom. The van der Waals surface area contributed by atoms with Gasteiger partial charge in [-0.3, -0.25) is 0 Å². The van der Waals surface area contributed by atoms with Crippen molar-refractivity contribution in [1.29, 1.82) is 0 Å². The highest BCUT2D eigenvalue weighted by molar-refractivity contribution is 8.00. The predicted octanol–water partition coefficient (Wildman–Crippen LogP) is 3.84. The lowest BCUT2D eigenvalue weighted by molar-refractivity contribution is 0.642. The van der Waals surface area contributed by atoms with Crippen molar-refractivity contribution in [2.24, 2.45) is 11.7 Å². The van der Waals surface area contributed by atoms with Crippen molar-refractivity contribution in [1.82, 2.24) is 0 Å². The van der Waals surface area contributed by atoms with Gasteiger partial charge in [0.05, 0.1) is 0 Å². The molecule has 0 aliphatic rings. The molecule has 2 N–H and O–H groups in total. The van der Waals surface area contributed by atoms with Crippen molar-refractivity contribution in [3.8, 4) is 0 Å². The highest BCUT2D eigenvalue weighted by atomic mass is 32.2. The molecule has 0 aromatic heterocycles.